The van der Waals surface area contributed by atoms with Gasteiger partial charge in [-0.1, -0.05) is 12.1 Å². The number of aliphatic carboxylic acids is 1. The average molecular weight is 292 g/mol. The van der Waals surface area contributed by atoms with Crippen molar-refractivity contribution in [3.05, 3.63) is 39.9 Å². The number of hydrogen-bond acceptors (Lipinski definition) is 4. The summed E-state index contributed by atoms with van der Waals surface area (Å²) >= 11 is 0. The van der Waals surface area contributed by atoms with Gasteiger partial charge in [0, 0.05) is 18.6 Å². The van der Waals surface area contributed by atoms with Crippen molar-refractivity contribution in [3.63, 3.8) is 0 Å². The Morgan fingerprint density at radius 3 is 2.62 bits per heavy atom. The van der Waals surface area contributed by atoms with Gasteiger partial charge in [-0.05, 0) is 31.2 Å². The fraction of sp³-hybridized carbons (Fsp3) is 0.429. The largest absolute Gasteiger partial charge is 0.480 e. The van der Waals surface area contributed by atoms with E-state index in [-0.39, 0.29) is 18.0 Å². The molecule has 0 aliphatic heterocycles. The fourth-order valence-corrected chi connectivity index (χ4v) is 2.34. The number of nitro groups is 1. The minimum atomic E-state index is -1.11. The van der Waals surface area contributed by atoms with Gasteiger partial charge in [0.1, 0.15) is 5.54 Å². The molecule has 1 aliphatic rings. The Morgan fingerprint density at radius 2 is 2.10 bits per heavy atom. The lowest BCUT2D eigenvalue weighted by molar-refractivity contribution is -0.384. The van der Waals surface area contributed by atoms with Gasteiger partial charge in [-0.25, -0.2) is 4.79 Å². The molecule has 21 heavy (non-hydrogen) atoms. The summed E-state index contributed by atoms with van der Waals surface area (Å²) in [6, 6.07) is 6.08. The molecular weight excluding hydrogens is 276 g/mol. The molecule has 1 aromatic rings. The van der Waals surface area contributed by atoms with Crippen molar-refractivity contribution in [2.24, 2.45) is 0 Å². The molecule has 0 radical (unpaired) electrons. The summed E-state index contributed by atoms with van der Waals surface area (Å²) in [5.41, 5.74) is -0.453. The van der Waals surface area contributed by atoms with Gasteiger partial charge in [0.15, 0.2) is 0 Å². The van der Waals surface area contributed by atoms with E-state index in [4.69, 9.17) is 5.11 Å². The minimum Gasteiger partial charge on any atom is -0.480 e. The number of nitrogens with zero attached hydrogens (tertiary/aromatic N) is 1. The van der Waals surface area contributed by atoms with Crippen LogP contribution in [0.15, 0.2) is 24.3 Å². The Kier molecular flexibility index (Phi) is 4.21. The highest BCUT2D eigenvalue weighted by Gasteiger charge is 2.45. The van der Waals surface area contributed by atoms with Gasteiger partial charge in [-0.2, -0.15) is 0 Å². The van der Waals surface area contributed by atoms with E-state index in [2.05, 4.69) is 5.32 Å². The topological polar surface area (TPSA) is 110 Å². The van der Waals surface area contributed by atoms with E-state index in [0.29, 0.717) is 24.8 Å². The zero-order chi connectivity index (χ0) is 15.5. The SMILES string of the molecule is O=C(CCc1cccc([N+](=O)[O-])c1)NC1(C(=O)O)CCC1. The third-order valence-corrected chi connectivity index (χ3v) is 3.76. The van der Waals surface area contributed by atoms with Gasteiger partial charge in [0.2, 0.25) is 5.91 Å². The lowest BCUT2D eigenvalue weighted by Crippen LogP contribution is -2.59. The minimum absolute atomic E-state index is 0.0195. The number of carbonyl (C=O) groups is 2. The van der Waals surface area contributed by atoms with Crippen LogP contribution >= 0.6 is 0 Å². The van der Waals surface area contributed by atoms with Crippen LogP contribution in [-0.4, -0.2) is 27.4 Å². The summed E-state index contributed by atoms with van der Waals surface area (Å²) in [6.45, 7) is 0. The molecule has 1 fully saturated rings. The van der Waals surface area contributed by atoms with Gasteiger partial charge >= 0.3 is 5.97 Å². The number of nitrogens with one attached hydrogen (secondary N) is 1. The number of carboxylic acids is 1. The third-order valence-electron chi connectivity index (χ3n) is 3.76. The zero-order valence-electron chi connectivity index (χ0n) is 11.4. The van der Waals surface area contributed by atoms with Crippen molar-refractivity contribution in [1.29, 1.82) is 0 Å². The van der Waals surface area contributed by atoms with Gasteiger partial charge in [-0.3, -0.25) is 14.9 Å². The first kappa shape index (κ1) is 15.0. The van der Waals surface area contributed by atoms with Crippen molar-refractivity contribution < 1.29 is 19.6 Å². The number of aryl methyl sites for hydroxylation is 1. The molecule has 0 bridgehead atoms. The molecule has 2 rings (SSSR count). The number of amides is 1. The molecule has 0 heterocycles. The maximum atomic E-state index is 11.8. The van der Waals surface area contributed by atoms with Crippen LogP contribution in [0.3, 0.4) is 0 Å². The Morgan fingerprint density at radius 1 is 1.38 bits per heavy atom. The molecule has 0 unspecified atom stereocenters. The van der Waals surface area contributed by atoms with Gasteiger partial charge < -0.3 is 10.4 Å². The summed E-state index contributed by atoms with van der Waals surface area (Å²) in [6.07, 6.45) is 2.13. The molecule has 1 amide bonds. The highest BCUT2D eigenvalue weighted by Crippen LogP contribution is 2.32. The smallest absolute Gasteiger partial charge is 0.329 e. The van der Waals surface area contributed by atoms with Crippen LogP contribution in [0.4, 0.5) is 5.69 Å². The molecule has 0 saturated heterocycles. The van der Waals surface area contributed by atoms with Crippen LogP contribution in [0.2, 0.25) is 0 Å². The lowest BCUT2D eigenvalue weighted by atomic mass is 9.76. The second kappa shape index (κ2) is 5.90. The van der Waals surface area contributed by atoms with Crippen LogP contribution in [0.1, 0.15) is 31.2 Å². The zero-order valence-corrected chi connectivity index (χ0v) is 11.4. The van der Waals surface area contributed by atoms with E-state index in [9.17, 15) is 19.7 Å². The Hall–Kier alpha value is -2.44. The Labute approximate surface area is 121 Å². The van der Waals surface area contributed by atoms with Gasteiger partial charge in [0.05, 0.1) is 4.92 Å². The molecule has 2 N–H and O–H groups in total. The first-order valence-electron chi connectivity index (χ1n) is 6.71. The predicted octanol–water partition coefficient (Wildman–Crippen LogP) is 1.65. The van der Waals surface area contributed by atoms with Gasteiger partial charge in [0.25, 0.3) is 5.69 Å². The van der Waals surface area contributed by atoms with Crippen LogP contribution in [-0.2, 0) is 16.0 Å². The van der Waals surface area contributed by atoms with Crippen LogP contribution in [0, 0.1) is 10.1 Å². The quantitative estimate of drug-likeness (QED) is 0.612. The molecular formula is C14H16N2O5. The Balaban J connectivity index is 1.91. The summed E-state index contributed by atoms with van der Waals surface area (Å²) in [4.78, 5) is 33.2. The molecule has 0 spiro atoms. The van der Waals surface area contributed by atoms with E-state index >= 15 is 0 Å². The average Bonchev–Trinajstić information content (AvgIpc) is 2.40. The third kappa shape index (κ3) is 3.36. The second-order valence-corrected chi connectivity index (χ2v) is 5.22. The van der Waals surface area contributed by atoms with Crippen molar-refractivity contribution in [3.8, 4) is 0 Å². The Bertz CT molecular complexity index is 580. The highest BCUT2D eigenvalue weighted by molar-refractivity contribution is 5.87. The van der Waals surface area contributed by atoms with Crippen molar-refractivity contribution in [2.45, 2.75) is 37.6 Å². The van der Waals surface area contributed by atoms with Crippen LogP contribution < -0.4 is 5.32 Å². The summed E-state index contributed by atoms with van der Waals surface area (Å²) in [7, 11) is 0. The number of hydrogen-bond donors (Lipinski definition) is 2. The molecule has 1 aromatic carbocycles. The summed E-state index contributed by atoms with van der Waals surface area (Å²) < 4.78 is 0. The number of rotatable bonds is 6. The standard InChI is InChI=1S/C14H16N2O5/c17-12(15-14(13(18)19)7-2-8-14)6-5-10-3-1-4-11(9-10)16(20)21/h1,3-4,9H,2,5-8H2,(H,15,17)(H,18,19). The lowest BCUT2D eigenvalue weighted by Gasteiger charge is -2.38. The van der Waals surface area contributed by atoms with E-state index in [0.717, 1.165) is 6.42 Å². The van der Waals surface area contributed by atoms with E-state index in [1.54, 1.807) is 12.1 Å². The maximum absolute atomic E-state index is 11.8. The summed E-state index contributed by atoms with van der Waals surface area (Å²) in [5.74, 6) is -1.35. The summed E-state index contributed by atoms with van der Waals surface area (Å²) in [5, 5.41) is 22.4. The van der Waals surface area contributed by atoms with E-state index in [1.165, 1.54) is 12.1 Å². The number of non-ortho nitro benzene ring substituents is 1. The monoisotopic (exact) mass is 292 g/mol. The first-order chi connectivity index (χ1) is 9.93. The molecule has 1 saturated carbocycles. The van der Waals surface area contributed by atoms with Crippen molar-refractivity contribution in [2.75, 3.05) is 0 Å². The molecule has 112 valence electrons. The number of nitro benzene ring substituents is 1. The highest BCUT2D eigenvalue weighted by atomic mass is 16.6. The molecule has 7 heteroatoms. The van der Waals surface area contributed by atoms with Crippen molar-refractivity contribution in [1.82, 2.24) is 5.32 Å². The number of carboxylic acid groups (broad SMARTS) is 1. The number of carbonyl (C=O) groups excluding carboxylic acids is 1. The fourth-order valence-electron chi connectivity index (χ4n) is 2.34. The van der Waals surface area contributed by atoms with Gasteiger partial charge in [-0.15, -0.1) is 0 Å². The maximum Gasteiger partial charge on any atom is 0.329 e. The first-order valence-corrected chi connectivity index (χ1v) is 6.71. The van der Waals surface area contributed by atoms with E-state index < -0.39 is 16.4 Å². The van der Waals surface area contributed by atoms with Crippen LogP contribution in [0.5, 0.6) is 0 Å². The normalized spacial score (nSPS) is 15.8. The molecule has 7 nitrogen and oxygen atoms in total. The van der Waals surface area contributed by atoms with E-state index in [1.807, 2.05) is 0 Å². The second-order valence-electron chi connectivity index (χ2n) is 5.22. The number of benzene rings is 1. The molecule has 1 aliphatic carbocycles. The molecule has 0 atom stereocenters. The van der Waals surface area contributed by atoms with Crippen molar-refractivity contribution >= 4 is 17.6 Å². The predicted molar refractivity (Wildman–Crippen MR) is 73.8 cm³/mol. The molecule has 0 aromatic heterocycles. The van der Waals surface area contributed by atoms with Crippen LogP contribution in [0.25, 0.3) is 0 Å².